The Hall–Kier alpha value is -2.65. The first kappa shape index (κ1) is 22.0. The number of aromatic nitrogens is 3. The average Bonchev–Trinajstić information content (AvgIpc) is 3.24. The summed E-state index contributed by atoms with van der Waals surface area (Å²) in [5, 5.41) is 6.87. The Morgan fingerprint density at radius 3 is 2.60 bits per heavy atom. The van der Waals surface area contributed by atoms with Crippen molar-refractivity contribution in [2.75, 3.05) is 13.1 Å². The third kappa shape index (κ3) is 4.73. The van der Waals surface area contributed by atoms with E-state index in [2.05, 4.69) is 15.4 Å². The summed E-state index contributed by atoms with van der Waals surface area (Å²) in [5.41, 5.74) is 0.00744. The third-order valence-electron chi connectivity index (χ3n) is 5.17. The van der Waals surface area contributed by atoms with Crippen molar-refractivity contribution in [3.05, 3.63) is 29.2 Å². The molecule has 0 aliphatic carbocycles. The number of rotatable bonds is 5. The van der Waals surface area contributed by atoms with E-state index in [9.17, 15) is 22.8 Å². The lowest BCUT2D eigenvalue weighted by Crippen LogP contribution is -2.47. The second kappa shape index (κ2) is 8.23. The Labute approximate surface area is 172 Å². The van der Waals surface area contributed by atoms with Gasteiger partial charge in [0, 0.05) is 37.7 Å². The number of nitrogens with zero attached hydrogens (tertiary/aromatic N) is 4. The minimum absolute atomic E-state index is 0.137. The van der Waals surface area contributed by atoms with Crippen molar-refractivity contribution in [3.63, 3.8) is 0 Å². The summed E-state index contributed by atoms with van der Waals surface area (Å²) in [7, 11) is 0. The van der Waals surface area contributed by atoms with Crippen LogP contribution in [0.5, 0.6) is 0 Å². The van der Waals surface area contributed by atoms with Gasteiger partial charge in [0.2, 0.25) is 11.8 Å². The van der Waals surface area contributed by atoms with Crippen molar-refractivity contribution in [3.8, 4) is 0 Å². The number of alkyl halides is 3. The molecule has 0 spiro atoms. The molecule has 0 aromatic carbocycles. The van der Waals surface area contributed by atoms with Gasteiger partial charge >= 0.3 is 6.18 Å². The molecule has 0 bridgehead atoms. The molecule has 3 heterocycles. The summed E-state index contributed by atoms with van der Waals surface area (Å²) in [5.74, 6) is -0.409. The van der Waals surface area contributed by atoms with Crippen LogP contribution in [0.25, 0.3) is 5.65 Å². The fourth-order valence-corrected chi connectivity index (χ4v) is 3.88. The number of amides is 2. The lowest BCUT2D eigenvalue weighted by molar-refractivity contribution is -0.142. The van der Waals surface area contributed by atoms with Crippen LogP contribution in [0, 0.1) is 12.8 Å². The Bertz CT molecular complexity index is 954. The maximum Gasteiger partial charge on any atom is 0.433 e. The van der Waals surface area contributed by atoms with Gasteiger partial charge in [0.05, 0.1) is 5.69 Å². The number of fused-ring (bicyclic) bond motifs is 1. The number of nitrogens with one attached hydrogen (secondary N) is 1. The van der Waals surface area contributed by atoms with E-state index in [0.717, 1.165) is 10.6 Å². The van der Waals surface area contributed by atoms with Gasteiger partial charge in [0.1, 0.15) is 11.7 Å². The summed E-state index contributed by atoms with van der Waals surface area (Å²) >= 11 is 0. The number of halogens is 3. The molecule has 1 N–H and O–H groups in total. The Balaban J connectivity index is 1.81. The molecule has 2 amide bonds. The molecule has 1 aliphatic heterocycles. The highest BCUT2D eigenvalue weighted by Crippen LogP contribution is 2.32. The highest BCUT2D eigenvalue weighted by molar-refractivity contribution is 5.87. The molecular weight excluding hydrogens is 399 g/mol. The molecule has 0 unspecified atom stereocenters. The van der Waals surface area contributed by atoms with Crippen molar-refractivity contribution in [2.45, 2.75) is 58.7 Å². The van der Waals surface area contributed by atoms with Crippen LogP contribution in [0.4, 0.5) is 13.2 Å². The predicted molar refractivity (Wildman–Crippen MR) is 104 cm³/mol. The van der Waals surface area contributed by atoms with Gasteiger partial charge in [-0.1, -0.05) is 13.8 Å². The lowest BCUT2D eigenvalue weighted by atomic mass is 10.0. The van der Waals surface area contributed by atoms with Gasteiger partial charge in [-0.05, 0) is 31.7 Å². The zero-order valence-electron chi connectivity index (χ0n) is 17.5. The molecule has 7 nitrogen and oxygen atoms in total. The van der Waals surface area contributed by atoms with Crippen LogP contribution in [0.15, 0.2) is 12.1 Å². The predicted octanol–water partition coefficient (Wildman–Crippen LogP) is 2.92. The SMILES string of the molecule is CC(=O)N[C@@H](CC(C)C)C(=O)N1CC[C@@H](c2cc3nc(C)cc(C(F)(F)F)n3n2)C1. The van der Waals surface area contributed by atoms with Crippen LogP contribution in [0.3, 0.4) is 0 Å². The third-order valence-corrected chi connectivity index (χ3v) is 5.17. The minimum atomic E-state index is -4.55. The molecule has 10 heteroatoms. The Morgan fingerprint density at radius 1 is 1.30 bits per heavy atom. The van der Waals surface area contributed by atoms with Crippen molar-refractivity contribution in [1.82, 2.24) is 24.8 Å². The van der Waals surface area contributed by atoms with Gasteiger partial charge in [-0.2, -0.15) is 18.3 Å². The quantitative estimate of drug-likeness (QED) is 0.799. The monoisotopic (exact) mass is 425 g/mol. The van der Waals surface area contributed by atoms with Crippen LogP contribution >= 0.6 is 0 Å². The van der Waals surface area contributed by atoms with Crippen LogP contribution in [0.1, 0.15) is 56.6 Å². The summed E-state index contributed by atoms with van der Waals surface area (Å²) in [6.07, 6.45) is -3.44. The smallest absolute Gasteiger partial charge is 0.345 e. The van der Waals surface area contributed by atoms with Gasteiger partial charge in [0.15, 0.2) is 5.65 Å². The first-order valence-electron chi connectivity index (χ1n) is 9.96. The second-order valence-electron chi connectivity index (χ2n) is 8.27. The second-order valence-corrected chi connectivity index (χ2v) is 8.27. The van der Waals surface area contributed by atoms with Gasteiger partial charge in [-0.15, -0.1) is 0 Å². The van der Waals surface area contributed by atoms with Gasteiger partial charge < -0.3 is 10.2 Å². The maximum absolute atomic E-state index is 13.4. The van der Waals surface area contributed by atoms with Gasteiger partial charge in [0.25, 0.3) is 0 Å². The topological polar surface area (TPSA) is 79.6 Å². The maximum atomic E-state index is 13.4. The van der Waals surface area contributed by atoms with Crippen LogP contribution in [0.2, 0.25) is 0 Å². The van der Waals surface area contributed by atoms with E-state index in [0.29, 0.717) is 31.6 Å². The van der Waals surface area contributed by atoms with E-state index in [4.69, 9.17) is 0 Å². The van der Waals surface area contributed by atoms with E-state index in [1.807, 2.05) is 13.8 Å². The van der Waals surface area contributed by atoms with Gasteiger partial charge in [-0.25, -0.2) is 9.50 Å². The van der Waals surface area contributed by atoms with Crippen molar-refractivity contribution >= 4 is 17.5 Å². The summed E-state index contributed by atoms with van der Waals surface area (Å²) < 4.78 is 40.9. The Kier molecular flexibility index (Phi) is 6.05. The lowest BCUT2D eigenvalue weighted by Gasteiger charge is -2.25. The minimum Gasteiger partial charge on any atom is -0.345 e. The van der Waals surface area contributed by atoms with E-state index < -0.39 is 17.9 Å². The molecule has 0 radical (unpaired) electrons. The zero-order valence-corrected chi connectivity index (χ0v) is 17.5. The first-order valence-corrected chi connectivity index (χ1v) is 9.96. The largest absolute Gasteiger partial charge is 0.433 e. The van der Waals surface area contributed by atoms with E-state index in [1.165, 1.54) is 13.8 Å². The molecule has 3 rings (SSSR count). The fourth-order valence-electron chi connectivity index (χ4n) is 3.88. The summed E-state index contributed by atoms with van der Waals surface area (Å²) in [6, 6.07) is 1.92. The standard InChI is InChI=1S/C20H26F3N5O2/c1-11(2)7-16(25-13(4)29)19(30)27-6-5-14(10-27)15-9-18-24-12(3)8-17(20(21,22)23)28(18)26-15/h8-9,11,14,16H,5-7,10H2,1-4H3,(H,25,29)/t14-,16+/m1/s1. The van der Waals surface area contributed by atoms with Crippen LogP contribution in [-0.2, 0) is 15.8 Å². The molecule has 0 saturated carbocycles. The number of hydrogen-bond donors (Lipinski definition) is 1. The molecule has 164 valence electrons. The number of hydrogen-bond acceptors (Lipinski definition) is 4. The zero-order chi connectivity index (χ0) is 22.2. The number of carbonyl (C=O) groups is 2. The van der Waals surface area contributed by atoms with E-state index in [1.54, 1.807) is 11.0 Å². The van der Waals surface area contributed by atoms with Gasteiger partial charge in [-0.3, -0.25) is 9.59 Å². The molecule has 1 saturated heterocycles. The normalized spacial score (nSPS) is 18.3. The van der Waals surface area contributed by atoms with Crippen LogP contribution in [-0.4, -0.2) is 50.4 Å². The molecular formula is C20H26F3N5O2. The number of likely N-dealkylation sites (tertiary alicyclic amines) is 1. The molecule has 1 fully saturated rings. The molecule has 2 aromatic heterocycles. The van der Waals surface area contributed by atoms with E-state index >= 15 is 0 Å². The summed E-state index contributed by atoms with van der Waals surface area (Å²) in [4.78, 5) is 30.2. The van der Waals surface area contributed by atoms with Crippen molar-refractivity contribution in [2.24, 2.45) is 5.92 Å². The molecule has 30 heavy (non-hydrogen) atoms. The summed E-state index contributed by atoms with van der Waals surface area (Å²) in [6.45, 7) is 7.63. The van der Waals surface area contributed by atoms with Crippen molar-refractivity contribution in [1.29, 1.82) is 0 Å². The molecule has 2 aromatic rings. The molecule has 2 atom stereocenters. The van der Waals surface area contributed by atoms with Crippen molar-refractivity contribution < 1.29 is 22.8 Å². The number of carbonyl (C=O) groups excluding carboxylic acids is 2. The highest BCUT2D eigenvalue weighted by Gasteiger charge is 2.37. The highest BCUT2D eigenvalue weighted by atomic mass is 19.4. The first-order chi connectivity index (χ1) is 14.0. The van der Waals surface area contributed by atoms with Crippen LogP contribution < -0.4 is 5.32 Å². The fraction of sp³-hybridized carbons (Fsp3) is 0.600. The molecule has 1 aliphatic rings. The number of aryl methyl sites for hydroxylation is 1. The average molecular weight is 425 g/mol. The Morgan fingerprint density at radius 2 is 2.00 bits per heavy atom. The van der Waals surface area contributed by atoms with E-state index in [-0.39, 0.29) is 35.0 Å².